The van der Waals surface area contributed by atoms with E-state index in [1.165, 1.54) is 19.2 Å². The summed E-state index contributed by atoms with van der Waals surface area (Å²) in [5, 5.41) is 0. The molecule has 0 N–H and O–H groups in total. The molecular formula is C11H10F2O4. The summed E-state index contributed by atoms with van der Waals surface area (Å²) in [5.74, 6) is -4.53. The zero-order chi connectivity index (χ0) is 12.6. The van der Waals surface area contributed by atoms with Gasteiger partial charge in [0.25, 0.3) is 0 Å². The van der Waals surface area contributed by atoms with Crippen molar-refractivity contribution in [3.05, 3.63) is 17.7 Å². The number of carbonyl (C=O) groups excluding carboxylic acids is 1. The minimum atomic E-state index is -3.49. The van der Waals surface area contributed by atoms with Gasteiger partial charge in [0.1, 0.15) is 11.3 Å². The molecule has 17 heavy (non-hydrogen) atoms. The van der Waals surface area contributed by atoms with Gasteiger partial charge in [0.05, 0.1) is 7.11 Å². The van der Waals surface area contributed by atoms with Crippen molar-refractivity contribution in [2.75, 3.05) is 13.9 Å². The second kappa shape index (κ2) is 3.87. The van der Waals surface area contributed by atoms with Gasteiger partial charge in [-0.15, -0.1) is 0 Å². The van der Waals surface area contributed by atoms with Gasteiger partial charge < -0.3 is 14.2 Å². The summed E-state index contributed by atoms with van der Waals surface area (Å²) >= 11 is 0. The minimum Gasteiger partial charge on any atom is -0.496 e. The highest BCUT2D eigenvalue weighted by Gasteiger charge is 2.39. The third-order valence-electron chi connectivity index (χ3n) is 2.35. The van der Waals surface area contributed by atoms with Crippen LogP contribution in [0.2, 0.25) is 0 Å². The van der Waals surface area contributed by atoms with Crippen LogP contribution < -0.4 is 14.2 Å². The lowest BCUT2D eigenvalue weighted by molar-refractivity contribution is 0.0215. The van der Waals surface area contributed by atoms with Crippen LogP contribution in [0.5, 0.6) is 17.2 Å². The Balaban J connectivity index is 2.59. The van der Waals surface area contributed by atoms with Crippen LogP contribution in [0.25, 0.3) is 0 Å². The van der Waals surface area contributed by atoms with E-state index in [4.69, 9.17) is 14.2 Å². The fourth-order valence-electron chi connectivity index (χ4n) is 1.56. The number of hydrogen-bond acceptors (Lipinski definition) is 4. The first-order valence-electron chi connectivity index (χ1n) is 4.84. The molecule has 0 atom stereocenters. The van der Waals surface area contributed by atoms with Crippen LogP contribution in [0.15, 0.2) is 12.1 Å². The van der Waals surface area contributed by atoms with Crippen molar-refractivity contribution in [2.24, 2.45) is 0 Å². The molecule has 6 heteroatoms. The molecule has 1 aliphatic heterocycles. The molecule has 0 aliphatic carbocycles. The maximum atomic E-state index is 13.1. The van der Waals surface area contributed by atoms with Crippen LogP contribution in [0, 0.1) is 0 Å². The fourth-order valence-corrected chi connectivity index (χ4v) is 1.56. The zero-order valence-electron chi connectivity index (χ0n) is 9.25. The molecule has 0 saturated carbocycles. The van der Waals surface area contributed by atoms with Gasteiger partial charge in [-0.1, -0.05) is 0 Å². The first kappa shape index (κ1) is 11.6. The maximum absolute atomic E-state index is 13.1. The number of ketones is 1. The molecule has 2 rings (SSSR count). The van der Waals surface area contributed by atoms with Crippen LogP contribution in [-0.2, 0) is 0 Å². The lowest BCUT2D eigenvalue weighted by Crippen LogP contribution is -2.25. The molecule has 0 amide bonds. The van der Waals surface area contributed by atoms with E-state index in [9.17, 15) is 13.6 Å². The summed E-state index contributed by atoms with van der Waals surface area (Å²) in [7, 11) is 1.29. The maximum Gasteiger partial charge on any atom is 0.307 e. The molecule has 0 radical (unpaired) electrons. The largest absolute Gasteiger partial charge is 0.496 e. The third kappa shape index (κ3) is 1.90. The molecule has 0 bridgehead atoms. The Kier molecular flexibility index (Phi) is 2.65. The Labute approximate surface area is 96.1 Å². The van der Waals surface area contributed by atoms with Crippen molar-refractivity contribution >= 4 is 5.78 Å². The first-order valence-corrected chi connectivity index (χ1v) is 4.84. The number of Topliss-reactive ketones (excluding diaryl/α,β-unsaturated/α-hetero) is 1. The van der Waals surface area contributed by atoms with E-state index in [0.29, 0.717) is 6.92 Å². The van der Waals surface area contributed by atoms with Gasteiger partial charge in [0.2, 0.25) is 12.6 Å². The Morgan fingerprint density at radius 2 is 2.12 bits per heavy atom. The van der Waals surface area contributed by atoms with Crippen LogP contribution in [0.1, 0.15) is 17.3 Å². The highest BCUT2D eigenvalue weighted by Crippen LogP contribution is 2.42. The molecule has 0 spiro atoms. The monoisotopic (exact) mass is 244 g/mol. The standard InChI is InChI=1S/C11H10F2O4/c1-11(12,13)10(14)8-6(15-2)3-4-7-9(8)17-5-16-7/h3-4H,5H2,1-2H3. The van der Waals surface area contributed by atoms with Crippen LogP contribution in [-0.4, -0.2) is 25.6 Å². The molecule has 4 nitrogen and oxygen atoms in total. The molecule has 0 fully saturated rings. The number of rotatable bonds is 3. The number of methoxy groups -OCH3 is 1. The Morgan fingerprint density at radius 3 is 2.71 bits per heavy atom. The van der Waals surface area contributed by atoms with Crippen molar-refractivity contribution in [3.63, 3.8) is 0 Å². The highest BCUT2D eigenvalue weighted by atomic mass is 19.3. The number of halogens is 2. The average Bonchev–Trinajstić information content (AvgIpc) is 2.73. The average molecular weight is 244 g/mol. The molecule has 1 aliphatic rings. The third-order valence-corrected chi connectivity index (χ3v) is 2.35. The molecule has 1 aromatic carbocycles. The molecule has 0 aromatic heterocycles. The summed E-state index contributed by atoms with van der Waals surface area (Å²) in [6.07, 6.45) is 0. The number of hydrogen-bond donors (Lipinski definition) is 0. The molecule has 0 saturated heterocycles. The van der Waals surface area contributed by atoms with Crippen LogP contribution in [0.4, 0.5) is 8.78 Å². The normalized spacial score (nSPS) is 13.6. The summed E-state index contributed by atoms with van der Waals surface area (Å²) in [5.41, 5.74) is -0.282. The lowest BCUT2D eigenvalue weighted by atomic mass is 10.0. The smallest absolute Gasteiger partial charge is 0.307 e. The Hall–Kier alpha value is -1.85. The first-order chi connectivity index (χ1) is 7.95. The molecule has 92 valence electrons. The van der Waals surface area contributed by atoms with Gasteiger partial charge >= 0.3 is 5.92 Å². The van der Waals surface area contributed by atoms with E-state index in [1.54, 1.807) is 0 Å². The topological polar surface area (TPSA) is 44.8 Å². The predicted molar refractivity (Wildman–Crippen MR) is 54.1 cm³/mol. The molecule has 1 aromatic rings. The molecular weight excluding hydrogens is 234 g/mol. The SMILES string of the molecule is COc1ccc2c(c1C(=O)C(C)(F)F)OCO2. The summed E-state index contributed by atoms with van der Waals surface area (Å²) in [6, 6.07) is 2.90. The van der Waals surface area contributed by atoms with Gasteiger partial charge in [0, 0.05) is 6.92 Å². The van der Waals surface area contributed by atoms with Crippen molar-refractivity contribution in [1.29, 1.82) is 0 Å². The highest BCUT2D eigenvalue weighted by molar-refractivity contribution is 6.06. The number of carbonyl (C=O) groups is 1. The number of ether oxygens (including phenoxy) is 3. The quantitative estimate of drug-likeness (QED) is 0.765. The van der Waals surface area contributed by atoms with E-state index >= 15 is 0 Å². The lowest BCUT2D eigenvalue weighted by Gasteiger charge is -2.14. The van der Waals surface area contributed by atoms with Gasteiger partial charge in [-0.2, -0.15) is 8.78 Å². The van der Waals surface area contributed by atoms with E-state index in [2.05, 4.69) is 0 Å². The van der Waals surface area contributed by atoms with Crippen molar-refractivity contribution in [1.82, 2.24) is 0 Å². The summed E-state index contributed by atoms with van der Waals surface area (Å²) in [6.45, 7) is 0.433. The van der Waals surface area contributed by atoms with Gasteiger partial charge in [0.15, 0.2) is 11.5 Å². The van der Waals surface area contributed by atoms with E-state index < -0.39 is 11.7 Å². The number of fused-ring (bicyclic) bond motifs is 1. The number of benzene rings is 1. The second-order valence-electron chi connectivity index (χ2n) is 3.59. The van der Waals surface area contributed by atoms with Crippen LogP contribution in [0.3, 0.4) is 0 Å². The zero-order valence-corrected chi connectivity index (χ0v) is 9.25. The van der Waals surface area contributed by atoms with E-state index in [1.807, 2.05) is 0 Å². The second-order valence-corrected chi connectivity index (χ2v) is 3.59. The predicted octanol–water partition coefficient (Wildman–Crippen LogP) is 2.26. The Bertz CT molecular complexity index is 465. The van der Waals surface area contributed by atoms with Gasteiger partial charge in [-0.25, -0.2) is 0 Å². The Morgan fingerprint density at radius 1 is 1.41 bits per heavy atom. The summed E-state index contributed by atoms with van der Waals surface area (Å²) < 4.78 is 41.1. The molecule has 1 heterocycles. The minimum absolute atomic E-state index is 0.0101. The van der Waals surface area contributed by atoms with Crippen LogP contribution >= 0.6 is 0 Å². The molecule has 0 unspecified atom stereocenters. The van der Waals surface area contributed by atoms with Crippen molar-refractivity contribution < 1.29 is 27.8 Å². The number of alkyl halides is 2. The van der Waals surface area contributed by atoms with E-state index in [0.717, 1.165) is 0 Å². The van der Waals surface area contributed by atoms with Gasteiger partial charge in [-0.3, -0.25) is 4.79 Å². The van der Waals surface area contributed by atoms with E-state index in [-0.39, 0.29) is 29.6 Å². The fraction of sp³-hybridized carbons (Fsp3) is 0.364. The summed E-state index contributed by atoms with van der Waals surface area (Å²) in [4.78, 5) is 11.6. The van der Waals surface area contributed by atoms with Crippen molar-refractivity contribution in [2.45, 2.75) is 12.8 Å². The van der Waals surface area contributed by atoms with Crippen molar-refractivity contribution in [3.8, 4) is 17.2 Å². The van der Waals surface area contributed by atoms with Gasteiger partial charge in [-0.05, 0) is 12.1 Å².